The van der Waals surface area contributed by atoms with Gasteiger partial charge in [0.15, 0.2) is 0 Å². The van der Waals surface area contributed by atoms with Gasteiger partial charge in [0.25, 0.3) is 0 Å². The summed E-state index contributed by atoms with van der Waals surface area (Å²) in [5.41, 5.74) is 0.176. The lowest BCUT2D eigenvalue weighted by Crippen LogP contribution is -2.51. The van der Waals surface area contributed by atoms with Gasteiger partial charge in [-0.1, -0.05) is 31.5 Å². The molecule has 7 heteroatoms. The molecule has 0 saturated carbocycles. The number of benzene rings is 1. The Hall–Kier alpha value is -0.885. The summed E-state index contributed by atoms with van der Waals surface area (Å²) >= 11 is 0. The maximum absolute atomic E-state index is 13.5. The molecule has 2 aliphatic rings. The predicted molar refractivity (Wildman–Crippen MR) is 113 cm³/mol. The highest BCUT2D eigenvalue weighted by Gasteiger charge is 2.53. The van der Waals surface area contributed by atoms with Gasteiger partial charge in [0, 0.05) is 12.6 Å². The molecule has 2 saturated heterocycles. The highest BCUT2D eigenvalue weighted by molar-refractivity contribution is 7.89. The average molecular weight is 407 g/mol. The molecule has 0 aliphatic carbocycles. The van der Waals surface area contributed by atoms with Crippen LogP contribution in [0.4, 0.5) is 0 Å². The van der Waals surface area contributed by atoms with Gasteiger partial charge in [0.1, 0.15) is 0 Å². The Balaban J connectivity index is 1.86. The van der Waals surface area contributed by atoms with Gasteiger partial charge < -0.3 is 9.31 Å². The largest absolute Gasteiger partial charge is 0.459 e. The maximum Gasteiger partial charge on any atom is 0.459 e. The fraction of sp³-hybridized carbons (Fsp3) is 0.714. The maximum atomic E-state index is 13.5. The lowest BCUT2D eigenvalue weighted by molar-refractivity contribution is 0.00578. The molecule has 28 heavy (non-hydrogen) atoms. The van der Waals surface area contributed by atoms with Crippen LogP contribution in [0.3, 0.4) is 0 Å². The molecule has 2 fully saturated rings. The molecule has 2 aliphatic heterocycles. The molecule has 0 N–H and O–H groups in total. The Labute approximate surface area is 171 Å². The topological polar surface area (TPSA) is 55.8 Å². The fourth-order valence-corrected chi connectivity index (χ4v) is 5.83. The van der Waals surface area contributed by atoms with Gasteiger partial charge in [0.2, 0.25) is 10.0 Å². The van der Waals surface area contributed by atoms with Crippen LogP contribution < -0.4 is 0 Å². The zero-order valence-corrected chi connectivity index (χ0v) is 19.1. The molecule has 0 aromatic heterocycles. The van der Waals surface area contributed by atoms with Crippen LogP contribution in [0.2, 0.25) is 6.32 Å². The van der Waals surface area contributed by atoms with Crippen molar-refractivity contribution in [1.82, 2.24) is 4.31 Å². The Morgan fingerprint density at radius 2 is 1.57 bits per heavy atom. The van der Waals surface area contributed by atoms with Crippen LogP contribution in [0, 0.1) is 12.3 Å². The second-order valence-corrected chi connectivity index (χ2v) is 12.0. The van der Waals surface area contributed by atoms with E-state index in [0.29, 0.717) is 17.8 Å². The minimum absolute atomic E-state index is 0.0514. The lowest BCUT2D eigenvalue weighted by atomic mass is 9.74. The van der Waals surface area contributed by atoms with E-state index in [0.717, 1.165) is 18.4 Å². The molecular formula is C21H34BNO4S. The quantitative estimate of drug-likeness (QED) is 0.700. The third-order valence-corrected chi connectivity index (χ3v) is 8.45. The normalized spacial score (nSPS) is 27.1. The van der Waals surface area contributed by atoms with Crippen molar-refractivity contribution in [3.8, 4) is 0 Å². The Bertz CT molecular complexity index is 801. The van der Waals surface area contributed by atoms with Gasteiger partial charge in [-0.15, -0.1) is 0 Å². The van der Waals surface area contributed by atoms with Crippen LogP contribution in [0.25, 0.3) is 0 Å². The van der Waals surface area contributed by atoms with E-state index in [4.69, 9.17) is 9.31 Å². The zero-order chi connectivity index (χ0) is 21.0. The highest BCUT2D eigenvalue weighted by atomic mass is 32.2. The van der Waals surface area contributed by atoms with Crippen LogP contribution in [-0.2, 0) is 19.3 Å². The summed E-state index contributed by atoms with van der Waals surface area (Å²) in [4.78, 5) is 0.356. The van der Waals surface area contributed by atoms with Gasteiger partial charge in [-0.3, -0.25) is 0 Å². The first-order valence-electron chi connectivity index (χ1n) is 10.2. The van der Waals surface area contributed by atoms with E-state index in [-0.39, 0.29) is 11.5 Å². The summed E-state index contributed by atoms with van der Waals surface area (Å²) in [6, 6.07) is 6.99. The molecule has 1 unspecified atom stereocenters. The Morgan fingerprint density at radius 3 is 2.11 bits per heavy atom. The van der Waals surface area contributed by atoms with E-state index >= 15 is 0 Å². The van der Waals surface area contributed by atoms with Crippen molar-refractivity contribution in [2.24, 2.45) is 5.41 Å². The summed E-state index contributed by atoms with van der Waals surface area (Å²) in [6.45, 7) is 14.8. The number of rotatable bonds is 4. The molecule has 1 aromatic rings. The minimum atomic E-state index is -3.58. The summed E-state index contributed by atoms with van der Waals surface area (Å²) in [6.07, 6.45) is 2.34. The molecule has 0 spiro atoms. The molecule has 0 amide bonds. The third-order valence-electron chi connectivity index (χ3n) is 6.54. The second kappa shape index (κ2) is 7.12. The first-order valence-corrected chi connectivity index (χ1v) is 11.6. The first-order chi connectivity index (χ1) is 12.7. The van der Waals surface area contributed by atoms with Gasteiger partial charge in [-0.25, -0.2) is 8.42 Å². The fourth-order valence-electron chi connectivity index (χ4n) is 3.98. The van der Waals surface area contributed by atoms with Crippen molar-refractivity contribution >= 4 is 17.1 Å². The second-order valence-electron chi connectivity index (χ2n) is 10.1. The SMILES string of the molecule is Cc1ccc(S(=O)(=O)N2CC(C)(C)CCC2CB2OC(C)(C)C(C)(C)O2)cc1. The zero-order valence-electron chi connectivity index (χ0n) is 18.3. The van der Waals surface area contributed by atoms with Gasteiger partial charge in [-0.05, 0) is 71.3 Å². The van der Waals surface area contributed by atoms with E-state index in [1.54, 1.807) is 16.4 Å². The Kier molecular flexibility index (Phi) is 5.54. The lowest BCUT2D eigenvalue weighted by Gasteiger charge is -2.43. The smallest absolute Gasteiger partial charge is 0.403 e. The molecule has 3 rings (SSSR count). The van der Waals surface area contributed by atoms with E-state index < -0.39 is 28.3 Å². The van der Waals surface area contributed by atoms with Gasteiger partial charge in [0.05, 0.1) is 16.1 Å². The summed E-state index contributed by atoms with van der Waals surface area (Å²) < 4.78 is 40.9. The number of sulfonamides is 1. The minimum Gasteiger partial charge on any atom is -0.403 e. The Morgan fingerprint density at radius 1 is 1.04 bits per heavy atom. The number of aryl methyl sites for hydroxylation is 1. The van der Waals surface area contributed by atoms with Crippen LogP contribution in [-0.4, -0.2) is 43.6 Å². The molecule has 2 heterocycles. The molecule has 1 aromatic carbocycles. The average Bonchev–Trinajstić information content (AvgIpc) is 2.76. The van der Waals surface area contributed by atoms with E-state index in [2.05, 4.69) is 13.8 Å². The van der Waals surface area contributed by atoms with Crippen molar-refractivity contribution in [3.63, 3.8) is 0 Å². The monoisotopic (exact) mass is 407 g/mol. The van der Waals surface area contributed by atoms with Crippen LogP contribution in [0.1, 0.15) is 59.9 Å². The van der Waals surface area contributed by atoms with Crippen LogP contribution >= 0.6 is 0 Å². The summed E-state index contributed by atoms with van der Waals surface area (Å²) in [5, 5.41) is 0. The van der Waals surface area contributed by atoms with E-state index in [1.165, 1.54) is 0 Å². The molecule has 0 radical (unpaired) electrons. The highest BCUT2D eigenvalue weighted by Crippen LogP contribution is 2.41. The molecular weight excluding hydrogens is 373 g/mol. The molecule has 5 nitrogen and oxygen atoms in total. The number of hydrogen-bond acceptors (Lipinski definition) is 4. The number of nitrogens with zero attached hydrogens (tertiary/aromatic N) is 1. The van der Waals surface area contributed by atoms with Gasteiger partial charge >= 0.3 is 7.12 Å². The van der Waals surface area contributed by atoms with Crippen molar-refractivity contribution in [1.29, 1.82) is 0 Å². The molecule has 1 atom stereocenters. The standard InChI is InChI=1S/C21H34BNO4S/c1-16-8-10-18(11-9-16)28(24,25)23-15-19(2,3)13-12-17(23)14-22-26-20(4,5)21(6,7)27-22/h8-11,17H,12-15H2,1-7H3. The summed E-state index contributed by atoms with van der Waals surface area (Å²) in [7, 11) is -3.97. The van der Waals surface area contributed by atoms with Crippen molar-refractivity contribution in [3.05, 3.63) is 29.8 Å². The molecule has 0 bridgehead atoms. The van der Waals surface area contributed by atoms with Crippen molar-refractivity contribution < 1.29 is 17.7 Å². The van der Waals surface area contributed by atoms with Gasteiger partial charge in [-0.2, -0.15) is 4.31 Å². The van der Waals surface area contributed by atoms with E-state index in [1.807, 2.05) is 46.8 Å². The first kappa shape index (κ1) is 21.8. The predicted octanol–water partition coefficient (Wildman–Crippen LogP) is 4.27. The van der Waals surface area contributed by atoms with Crippen molar-refractivity contribution in [2.45, 2.75) is 89.8 Å². The van der Waals surface area contributed by atoms with Crippen LogP contribution in [0.15, 0.2) is 29.2 Å². The van der Waals surface area contributed by atoms with Crippen LogP contribution in [0.5, 0.6) is 0 Å². The van der Waals surface area contributed by atoms with E-state index in [9.17, 15) is 8.42 Å². The molecule has 156 valence electrons. The third kappa shape index (κ3) is 4.18. The number of piperidine rings is 1. The van der Waals surface area contributed by atoms with Crippen molar-refractivity contribution in [2.75, 3.05) is 6.54 Å². The number of hydrogen-bond donors (Lipinski definition) is 0. The summed E-state index contributed by atoms with van der Waals surface area (Å²) in [5.74, 6) is 0.